The number of thiocarbonyl (C=S) groups is 1. The van der Waals surface area contributed by atoms with Crippen LogP contribution in [0, 0.1) is 3.57 Å². The van der Waals surface area contributed by atoms with Gasteiger partial charge in [-0.1, -0.05) is 47.5 Å². The molecule has 3 aromatic rings. The summed E-state index contributed by atoms with van der Waals surface area (Å²) in [5.74, 6) is 0.0874. The van der Waals surface area contributed by atoms with Crippen LogP contribution in [0.4, 0.5) is 0 Å². The molecule has 44 heavy (non-hydrogen) atoms. The first-order valence-electron chi connectivity index (χ1n) is 13.1. The Balaban J connectivity index is 1.38. The average Bonchev–Trinajstić information content (AvgIpc) is 2.96. The predicted octanol–water partition coefficient (Wildman–Crippen LogP) is 6.82. The minimum absolute atomic E-state index is 0.222. The van der Waals surface area contributed by atoms with Gasteiger partial charge in [-0.05, 0) is 100 Å². The molecule has 9 nitrogen and oxygen atoms in total. The van der Waals surface area contributed by atoms with Gasteiger partial charge in [-0.15, -0.1) is 0 Å². The highest BCUT2D eigenvalue weighted by molar-refractivity contribution is 14.1. The van der Waals surface area contributed by atoms with Gasteiger partial charge in [0, 0.05) is 26.9 Å². The van der Waals surface area contributed by atoms with Gasteiger partial charge in [0.25, 0.3) is 5.91 Å². The molecule has 0 unspecified atom stereocenters. The molecule has 1 atom stereocenters. The summed E-state index contributed by atoms with van der Waals surface area (Å²) in [5, 5.41) is 11.6. The van der Waals surface area contributed by atoms with Crippen LogP contribution >= 0.6 is 73.9 Å². The zero-order valence-electron chi connectivity index (χ0n) is 23.4. The number of ether oxygens (including phenoxy) is 3. The van der Waals surface area contributed by atoms with Crippen LogP contribution < -0.4 is 25.5 Å². The molecule has 4 rings (SSSR count). The molecule has 1 aliphatic rings. The molecule has 1 amide bonds. The lowest BCUT2D eigenvalue weighted by Gasteiger charge is -2.30. The molecule has 1 heterocycles. The van der Waals surface area contributed by atoms with Gasteiger partial charge >= 0.3 is 5.97 Å². The lowest BCUT2D eigenvalue weighted by molar-refractivity contribution is -0.139. The molecule has 14 heteroatoms. The van der Waals surface area contributed by atoms with E-state index in [1.54, 1.807) is 50.2 Å². The van der Waals surface area contributed by atoms with Gasteiger partial charge in [0.1, 0.15) is 18.1 Å². The number of hydrazone groups is 1. The first kappa shape index (κ1) is 34.0. The fourth-order valence-electron chi connectivity index (χ4n) is 4.19. The summed E-state index contributed by atoms with van der Waals surface area (Å²) < 4.78 is 18.6. The van der Waals surface area contributed by atoms with E-state index < -0.39 is 17.9 Å². The van der Waals surface area contributed by atoms with Crippen LogP contribution in [-0.2, 0) is 20.9 Å². The van der Waals surface area contributed by atoms with Gasteiger partial charge in [0.2, 0.25) is 0 Å². The zero-order chi connectivity index (χ0) is 31.8. The van der Waals surface area contributed by atoms with Crippen molar-refractivity contribution in [1.82, 2.24) is 16.1 Å². The Morgan fingerprint density at radius 1 is 1.16 bits per heavy atom. The van der Waals surface area contributed by atoms with Gasteiger partial charge in [-0.2, -0.15) is 5.10 Å². The van der Waals surface area contributed by atoms with E-state index in [2.05, 4.69) is 59.7 Å². The van der Waals surface area contributed by atoms with Crippen LogP contribution in [0.15, 0.2) is 75.4 Å². The minimum atomic E-state index is -0.629. The number of esters is 1. The standard InChI is InChI=1S/C30H26BrCl2IN4O5S/c1-3-41-29(40)26-16(2)36-30(44)37-27(26)20-6-4-5-7-24(20)42-15-25(39)38-35-13-17-10-21(31)28(23(34)11-17)43-14-18-8-9-19(32)12-22(18)33/h4-13,27H,3,14-15H2,1-2H3,(H,38,39)(H2,36,37,44)/t27-/m1/s1. The summed E-state index contributed by atoms with van der Waals surface area (Å²) >= 11 is 23.2. The molecule has 0 radical (unpaired) electrons. The molecule has 0 saturated carbocycles. The van der Waals surface area contributed by atoms with Crippen LogP contribution in [0.1, 0.15) is 36.6 Å². The second-order valence-corrected chi connectivity index (χ2v) is 12.5. The van der Waals surface area contributed by atoms with E-state index in [4.69, 9.17) is 49.6 Å². The van der Waals surface area contributed by atoms with E-state index in [9.17, 15) is 9.59 Å². The van der Waals surface area contributed by atoms with E-state index in [0.29, 0.717) is 48.0 Å². The van der Waals surface area contributed by atoms with Gasteiger partial charge in [0.15, 0.2) is 11.7 Å². The van der Waals surface area contributed by atoms with E-state index in [1.807, 2.05) is 18.2 Å². The SMILES string of the molecule is CCOC(=O)C1=C(C)NC(=S)N[C@@H]1c1ccccc1OCC(=O)NN=Cc1cc(Br)c(OCc2ccc(Cl)cc2Cl)c(I)c1. The third-order valence-corrected chi connectivity index (χ3v) is 8.36. The van der Waals surface area contributed by atoms with Crippen molar-refractivity contribution in [2.45, 2.75) is 26.5 Å². The van der Waals surface area contributed by atoms with Crippen molar-refractivity contribution in [2.24, 2.45) is 5.10 Å². The van der Waals surface area contributed by atoms with Crippen molar-refractivity contribution < 1.29 is 23.8 Å². The number of nitrogens with one attached hydrogen (secondary N) is 3. The highest BCUT2D eigenvalue weighted by Gasteiger charge is 2.32. The monoisotopic (exact) mass is 830 g/mol. The van der Waals surface area contributed by atoms with E-state index >= 15 is 0 Å². The number of hydrogen-bond acceptors (Lipinski definition) is 7. The third kappa shape index (κ3) is 8.84. The largest absolute Gasteiger partial charge is 0.487 e. The minimum Gasteiger partial charge on any atom is -0.487 e. The molecule has 0 spiro atoms. The Labute approximate surface area is 292 Å². The Morgan fingerprint density at radius 2 is 1.93 bits per heavy atom. The van der Waals surface area contributed by atoms with Crippen molar-refractivity contribution in [3.05, 3.63) is 101 Å². The number of para-hydroxylation sites is 1. The van der Waals surface area contributed by atoms with Crippen molar-refractivity contribution in [3.63, 3.8) is 0 Å². The second-order valence-electron chi connectivity index (χ2n) is 9.25. The number of carbonyl (C=O) groups excluding carboxylic acids is 2. The number of halogens is 4. The quantitative estimate of drug-likeness (QED) is 0.0636. The molecule has 1 aliphatic heterocycles. The van der Waals surface area contributed by atoms with Crippen LogP contribution in [-0.4, -0.2) is 36.4 Å². The number of allylic oxidation sites excluding steroid dienone is 1. The molecule has 0 saturated heterocycles. The van der Waals surface area contributed by atoms with Gasteiger partial charge < -0.3 is 24.8 Å². The summed E-state index contributed by atoms with van der Waals surface area (Å²) in [5.41, 5.74) is 5.57. The lowest BCUT2D eigenvalue weighted by atomic mass is 9.95. The maximum Gasteiger partial charge on any atom is 0.338 e. The summed E-state index contributed by atoms with van der Waals surface area (Å²) in [6, 6.07) is 15.4. The topological polar surface area (TPSA) is 110 Å². The van der Waals surface area contributed by atoms with Gasteiger partial charge in [0.05, 0.1) is 32.5 Å². The van der Waals surface area contributed by atoms with E-state index in [1.165, 1.54) is 6.21 Å². The normalized spacial score (nSPS) is 14.6. The number of carbonyl (C=O) groups is 2. The Bertz CT molecular complexity index is 1630. The Morgan fingerprint density at radius 3 is 2.66 bits per heavy atom. The fraction of sp³-hybridized carbons (Fsp3) is 0.200. The maximum atomic E-state index is 12.7. The summed E-state index contributed by atoms with van der Waals surface area (Å²) in [4.78, 5) is 25.3. The number of amides is 1. The fourth-order valence-corrected chi connectivity index (χ4v) is 6.69. The van der Waals surface area contributed by atoms with Crippen LogP contribution in [0.3, 0.4) is 0 Å². The van der Waals surface area contributed by atoms with Crippen molar-refractivity contribution in [2.75, 3.05) is 13.2 Å². The average molecular weight is 832 g/mol. The summed E-state index contributed by atoms with van der Waals surface area (Å²) in [6.07, 6.45) is 1.51. The highest BCUT2D eigenvalue weighted by Crippen LogP contribution is 2.34. The van der Waals surface area contributed by atoms with Gasteiger partial charge in [-0.3, -0.25) is 4.79 Å². The van der Waals surface area contributed by atoms with Crippen LogP contribution in [0.5, 0.6) is 11.5 Å². The first-order valence-corrected chi connectivity index (χ1v) is 16.2. The second kappa shape index (κ2) is 15.9. The maximum absolute atomic E-state index is 12.7. The third-order valence-electron chi connectivity index (χ3n) is 6.16. The molecular formula is C30H26BrCl2IN4O5S. The molecule has 0 aromatic heterocycles. The van der Waals surface area contributed by atoms with E-state index in [-0.39, 0.29) is 19.8 Å². The predicted molar refractivity (Wildman–Crippen MR) is 186 cm³/mol. The number of nitrogens with zero attached hydrogens (tertiary/aromatic N) is 1. The van der Waals surface area contributed by atoms with E-state index in [0.717, 1.165) is 14.7 Å². The smallest absolute Gasteiger partial charge is 0.338 e. The summed E-state index contributed by atoms with van der Waals surface area (Å²) in [7, 11) is 0. The molecule has 230 valence electrons. The zero-order valence-corrected chi connectivity index (χ0v) is 29.5. The number of benzene rings is 3. The summed E-state index contributed by atoms with van der Waals surface area (Å²) in [6.45, 7) is 3.65. The molecule has 0 fully saturated rings. The van der Waals surface area contributed by atoms with Crippen LogP contribution in [0.25, 0.3) is 0 Å². The molecule has 0 aliphatic carbocycles. The first-order chi connectivity index (χ1) is 21.1. The van der Waals surface area contributed by atoms with Gasteiger partial charge in [-0.25, -0.2) is 10.2 Å². The lowest BCUT2D eigenvalue weighted by Crippen LogP contribution is -2.45. The molecule has 3 N–H and O–H groups in total. The van der Waals surface area contributed by atoms with Crippen LogP contribution in [0.2, 0.25) is 10.0 Å². The number of hydrogen-bond donors (Lipinski definition) is 3. The molecule has 3 aromatic carbocycles. The molecular weight excluding hydrogens is 806 g/mol. The Hall–Kier alpha value is -2.91. The molecule has 0 bridgehead atoms. The van der Waals surface area contributed by atoms with Crippen molar-refractivity contribution in [3.8, 4) is 11.5 Å². The van der Waals surface area contributed by atoms with Crippen molar-refractivity contribution >= 4 is 97.1 Å². The number of rotatable bonds is 11. The Kier molecular flexibility index (Phi) is 12.3. The highest BCUT2D eigenvalue weighted by atomic mass is 127. The van der Waals surface area contributed by atoms with Crippen molar-refractivity contribution in [1.29, 1.82) is 0 Å².